The summed E-state index contributed by atoms with van der Waals surface area (Å²) in [4.78, 5) is 35.2. The average Bonchev–Trinajstić information content (AvgIpc) is 3.34. The molecule has 0 radical (unpaired) electrons. The van der Waals surface area contributed by atoms with E-state index in [0.29, 0.717) is 18.8 Å². The van der Waals surface area contributed by atoms with Gasteiger partial charge in [0.2, 0.25) is 0 Å². The highest BCUT2D eigenvalue weighted by Crippen LogP contribution is 2.33. The lowest BCUT2D eigenvalue weighted by molar-refractivity contribution is 0.0761. The minimum atomic E-state index is -1.02. The molecule has 3 aromatic heterocycles. The molecular weight excluding hydrogens is 378 g/mol. The lowest BCUT2D eigenvalue weighted by Crippen LogP contribution is -2.33. The first-order chi connectivity index (χ1) is 13.5. The number of aromatic nitrogens is 2. The molecule has 1 atom stereocenters. The summed E-state index contributed by atoms with van der Waals surface area (Å²) in [5.74, 6) is -0.251. The monoisotopic (exact) mass is 397 g/mol. The zero-order valence-electron chi connectivity index (χ0n) is 15.2. The van der Waals surface area contributed by atoms with Crippen molar-refractivity contribution in [2.75, 3.05) is 25.1 Å². The Morgan fingerprint density at radius 2 is 2.07 bits per heavy atom. The van der Waals surface area contributed by atoms with Gasteiger partial charge in [-0.3, -0.25) is 19.7 Å². The van der Waals surface area contributed by atoms with Gasteiger partial charge in [-0.1, -0.05) is 6.07 Å². The molecule has 2 N–H and O–H groups in total. The van der Waals surface area contributed by atoms with Crippen LogP contribution in [0.4, 0.5) is 9.80 Å². The largest absolute Gasteiger partial charge is 0.465 e. The standard InChI is InChI=1S/C19H19N5O3S/c1-12(13-3-2-5-20-10-13)22-16-9-14-15(28-16)4-6-21-17(14)18(25)23-7-8-24(11-23)19(26)27/h2-6,9-10,12,22H,7-8,11H2,1H3,(H,26,27)/t12-/m0/s1. The number of hydrogen-bond acceptors (Lipinski definition) is 6. The SMILES string of the molecule is C[C@H](Nc1cc2c(C(=O)N3CCN(C(=O)O)C3)nccc2s1)c1cccnc1. The Hall–Kier alpha value is -3.20. The number of rotatable bonds is 4. The van der Waals surface area contributed by atoms with Crippen molar-refractivity contribution in [1.82, 2.24) is 19.8 Å². The average molecular weight is 397 g/mol. The smallest absolute Gasteiger partial charge is 0.408 e. The van der Waals surface area contributed by atoms with E-state index in [1.807, 2.05) is 30.5 Å². The second kappa shape index (κ2) is 7.43. The predicted molar refractivity (Wildman–Crippen MR) is 107 cm³/mol. The molecule has 2 amide bonds. The Labute approximate surface area is 165 Å². The molecule has 1 saturated heterocycles. The van der Waals surface area contributed by atoms with Crippen LogP contribution in [0.25, 0.3) is 10.1 Å². The number of carbonyl (C=O) groups is 2. The van der Waals surface area contributed by atoms with E-state index in [0.717, 1.165) is 20.7 Å². The molecule has 9 heteroatoms. The molecule has 1 aliphatic rings. The summed E-state index contributed by atoms with van der Waals surface area (Å²) in [5.41, 5.74) is 1.42. The van der Waals surface area contributed by atoms with Crippen LogP contribution in [0.15, 0.2) is 42.9 Å². The molecule has 0 saturated carbocycles. The van der Waals surface area contributed by atoms with E-state index in [1.165, 1.54) is 9.80 Å². The van der Waals surface area contributed by atoms with E-state index in [2.05, 4.69) is 22.2 Å². The third-order valence-electron chi connectivity index (χ3n) is 4.73. The van der Waals surface area contributed by atoms with Gasteiger partial charge in [0.25, 0.3) is 5.91 Å². The van der Waals surface area contributed by atoms with Crippen LogP contribution in [-0.4, -0.2) is 56.6 Å². The first-order valence-corrected chi connectivity index (χ1v) is 9.67. The van der Waals surface area contributed by atoms with Crippen LogP contribution in [-0.2, 0) is 0 Å². The number of amides is 2. The van der Waals surface area contributed by atoms with Gasteiger partial charge in [-0.15, -0.1) is 11.3 Å². The number of anilines is 1. The third kappa shape index (κ3) is 3.48. The van der Waals surface area contributed by atoms with Gasteiger partial charge in [0.15, 0.2) is 0 Å². The van der Waals surface area contributed by atoms with Crippen LogP contribution >= 0.6 is 11.3 Å². The normalized spacial score (nSPS) is 15.0. The molecule has 1 aliphatic heterocycles. The number of thiophene rings is 1. The number of hydrogen-bond donors (Lipinski definition) is 2. The number of carbonyl (C=O) groups excluding carboxylic acids is 1. The maximum absolute atomic E-state index is 12.9. The molecule has 0 bridgehead atoms. The Morgan fingerprint density at radius 3 is 2.79 bits per heavy atom. The fraction of sp³-hybridized carbons (Fsp3) is 0.263. The second-order valence-corrected chi connectivity index (χ2v) is 7.67. The fourth-order valence-electron chi connectivity index (χ4n) is 3.19. The summed E-state index contributed by atoms with van der Waals surface area (Å²) in [6, 6.07) is 7.78. The molecule has 4 heterocycles. The van der Waals surface area contributed by atoms with Crippen molar-refractivity contribution in [3.05, 3.63) is 54.1 Å². The van der Waals surface area contributed by atoms with Crippen LogP contribution in [0.5, 0.6) is 0 Å². The van der Waals surface area contributed by atoms with Crippen molar-refractivity contribution in [3.63, 3.8) is 0 Å². The molecule has 0 spiro atoms. The van der Waals surface area contributed by atoms with Crippen molar-refractivity contribution < 1.29 is 14.7 Å². The number of pyridine rings is 2. The maximum atomic E-state index is 12.9. The Kier molecular flexibility index (Phi) is 4.82. The third-order valence-corrected chi connectivity index (χ3v) is 5.76. The van der Waals surface area contributed by atoms with Gasteiger partial charge in [-0.05, 0) is 30.7 Å². The molecule has 28 heavy (non-hydrogen) atoms. The van der Waals surface area contributed by atoms with Gasteiger partial charge in [0.05, 0.1) is 17.7 Å². The van der Waals surface area contributed by atoms with Crippen LogP contribution in [0.2, 0.25) is 0 Å². The van der Waals surface area contributed by atoms with Gasteiger partial charge in [0, 0.05) is 41.8 Å². The van der Waals surface area contributed by atoms with Crippen molar-refractivity contribution in [2.45, 2.75) is 13.0 Å². The molecule has 8 nitrogen and oxygen atoms in total. The zero-order chi connectivity index (χ0) is 19.7. The molecule has 144 valence electrons. The highest BCUT2D eigenvalue weighted by atomic mass is 32.1. The second-order valence-electron chi connectivity index (χ2n) is 6.59. The van der Waals surface area contributed by atoms with Crippen LogP contribution in [0.3, 0.4) is 0 Å². The van der Waals surface area contributed by atoms with Gasteiger partial charge >= 0.3 is 6.09 Å². The van der Waals surface area contributed by atoms with E-state index in [-0.39, 0.29) is 18.6 Å². The molecule has 0 aromatic carbocycles. The Bertz CT molecular complexity index is 1020. The Morgan fingerprint density at radius 1 is 1.25 bits per heavy atom. The summed E-state index contributed by atoms with van der Waals surface area (Å²) in [7, 11) is 0. The van der Waals surface area contributed by atoms with E-state index in [9.17, 15) is 9.59 Å². The van der Waals surface area contributed by atoms with Gasteiger partial charge < -0.3 is 15.3 Å². The highest BCUT2D eigenvalue weighted by Gasteiger charge is 2.29. The van der Waals surface area contributed by atoms with Crippen molar-refractivity contribution >= 4 is 38.4 Å². The van der Waals surface area contributed by atoms with Crippen LogP contribution in [0, 0.1) is 0 Å². The maximum Gasteiger partial charge on any atom is 0.408 e. The summed E-state index contributed by atoms with van der Waals surface area (Å²) < 4.78 is 0.952. The van der Waals surface area contributed by atoms with Crippen LogP contribution in [0.1, 0.15) is 29.0 Å². The summed E-state index contributed by atoms with van der Waals surface area (Å²) >= 11 is 1.55. The van der Waals surface area contributed by atoms with Gasteiger partial charge in [-0.2, -0.15) is 0 Å². The van der Waals surface area contributed by atoms with Crippen molar-refractivity contribution in [2.24, 2.45) is 0 Å². The summed E-state index contributed by atoms with van der Waals surface area (Å²) in [6.45, 7) is 2.81. The number of nitrogens with zero attached hydrogens (tertiary/aromatic N) is 4. The van der Waals surface area contributed by atoms with E-state index >= 15 is 0 Å². The quantitative estimate of drug-likeness (QED) is 0.701. The molecule has 4 rings (SSSR count). The molecule has 3 aromatic rings. The first-order valence-electron chi connectivity index (χ1n) is 8.85. The number of nitrogens with one attached hydrogen (secondary N) is 1. The first kappa shape index (κ1) is 18.2. The predicted octanol–water partition coefficient (Wildman–Crippen LogP) is 3.26. The minimum absolute atomic E-state index is 0.0663. The molecule has 0 aliphatic carbocycles. The van der Waals surface area contributed by atoms with Gasteiger partial charge in [0.1, 0.15) is 5.69 Å². The van der Waals surface area contributed by atoms with E-state index in [4.69, 9.17) is 5.11 Å². The number of carboxylic acid groups (broad SMARTS) is 1. The lowest BCUT2D eigenvalue weighted by atomic mass is 10.1. The Balaban J connectivity index is 1.57. The van der Waals surface area contributed by atoms with E-state index < -0.39 is 6.09 Å². The zero-order valence-corrected chi connectivity index (χ0v) is 16.0. The van der Waals surface area contributed by atoms with Crippen LogP contribution < -0.4 is 5.32 Å². The van der Waals surface area contributed by atoms with E-state index in [1.54, 1.807) is 23.7 Å². The van der Waals surface area contributed by atoms with Crippen molar-refractivity contribution in [1.29, 1.82) is 0 Å². The highest BCUT2D eigenvalue weighted by molar-refractivity contribution is 7.22. The van der Waals surface area contributed by atoms with Gasteiger partial charge in [-0.25, -0.2) is 4.79 Å². The molecular formula is C19H19N5O3S. The lowest BCUT2D eigenvalue weighted by Gasteiger charge is -2.16. The number of fused-ring (bicyclic) bond motifs is 1. The molecule has 0 unspecified atom stereocenters. The van der Waals surface area contributed by atoms with Crippen molar-refractivity contribution in [3.8, 4) is 0 Å². The minimum Gasteiger partial charge on any atom is -0.465 e. The molecule has 1 fully saturated rings. The topological polar surface area (TPSA) is 98.7 Å². The fourth-order valence-corrected chi connectivity index (χ4v) is 4.24. The summed E-state index contributed by atoms with van der Waals surface area (Å²) in [6.07, 6.45) is 4.16. The summed E-state index contributed by atoms with van der Waals surface area (Å²) in [5, 5.41) is 14.2.